The molecule has 2 heterocycles. The molecule has 2 aliphatic rings. The molecule has 0 saturated carbocycles. The minimum atomic E-state index is -4.38. The molecule has 0 aromatic heterocycles. The van der Waals surface area contributed by atoms with E-state index < -0.39 is 11.7 Å². The Hall–Kier alpha value is -1.85. The largest absolute Gasteiger partial charge is 0.416 e. The number of rotatable bonds is 1. The number of nitrogens with one attached hydrogen (secondary N) is 1. The predicted octanol–water partition coefficient (Wildman–Crippen LogP) is 3.96. The zero-order chi connectivity index (χ0) is 16.0. The molecule has 5 heteroatoms. The van der Waals surface area contributed by atoms with E-state index in [0.29, 0.717) is 24.2 Å². The van der Waals surface area contributed by atoms with Gasteiger partial charge in [-0.3, -0.25) is 0 Å². The first-order valence-electron chi connectivity index (χ1n) is 7.66. The SMILES string of the molecule is FC(F)(F)c1cc(-c2ccccc2)cc2c1COC1CNCC21. The quantitative estimate of drug-likeness (QED) is 0.859. The van der Waals surface area contributed by atoms with Crippen LogP contribution in [0.3, 0.4) is 0 Å². The highest BCUT2D eigenvalue weighted by atomic mass is 19.4. The normalized spacial score (nSPS) is 23.4. The van der Waals surface area contributed by atoms with Crippen molar-refractivity contribution in [1.82, 2.24) is 5.32 Å². The molecule has 1 N–H and O–H groups in total. The van der Waals surface area contributed by atoms with Crippen LogP contribution in [-0.2, 0) is 17.5 Å². The Labute approximate surface area is 132 Å². The molecular formula is C18H16F3NO. The number of hydrogen-bond acceptors (Lipinski definition) is 2. The molecule has 4 rings (SSSR count). The number of fused-ring (bicyclic) bond motifs is 3. The Morgan fingerprint density at radius 1 is 1.00 bits per heavy atom. The van der Waals surface area contributed by atoms with Crippen LogP contribution in [-0.4, -0.2) is 19.2 Å². The van der Waals surface area contributed by atoms with Gasteiger partial charge in [-0.25, -0.2) is 0 Å². The molecule has 2 aromatic carbocycles. The van der Waals surface area contributed by atoms with Gasteiger partial charge in [0.25, 0.3) is 0 Å². The van der Waals surface area contributed by atoms with Gasteiger partial charge in [-0.1, -0.05) is 36.4 Å². The smallest absolute Gasteiger partial charge is 0.372 e. The molecule has 0 spiro atoms. The monoisotopic (exact) mass is 319 g/mol. The van der Waals surface area contributed by atoms with Gasteiger partial charge >= 0.3 is 6.18 Å². The van der Waals surface area contributed by atoms with Gasteiger partial charge in [0.15, 0.2) is 0 Å². The van der Waals surface area contributed by atoms with E-state index in [2.05, 4.69) is 5.32 Å². The second kappa shape index (κ2) is 5.35. The third kappa shape index (κ3) is 2.54. The molecule has 2 unspecified atom stereocenters. The van der Waals surface area contributed by atoms with Crippen molar-refractivity contribution in [3.63, 3.8) is 0 Å². The lowest BCUT2D eigenvalue weighted by Gasteiger charge is -2.31. The summed E-state index contributed by atoms with van der Waals surface area (Å²) in [6, 6.07) is 12.4. The maximum Gasteiger partial charge on any atom is 0.416 e. The van der Waals surface area contributed by atoms with E-state index in [9.17, 15) is 13.2 Å². The molecule has 120 valence electrons. The zero-order valence-corrected chi connectivity index (χ0v) is 12.4. The third-order valence-electron chi connectivity index (χ3n) is 4.70. The number of benzene rings is 2. The summed E-state index contributed by atoms with van der Waals surface area (Å²) < 4.78 is 46.3. The molecule has 1 saturated heterocycles. The van der Waals surface area contributed by atoms with E-state index in [0.717, 1.165) is 11.1 Å². The van der Waals surface area contributed by atoms with Crippen molar-refractivity contribution >= 4 is 0 Å². The highest BCUT2D eigenvalue weighted by molar-refractivity contribution is 5.67. The molecule has 0 radical (unpaired) electrons. The van der Waals surface area contributed by atoms with Crippen LogP contribution >= 0.6 is 0 Å². The van der Waals surface area contributed by atoms with Crippen LogP contribution < -0.4 is 5.32 Å². The number of halogens is 3. The van der Waals surface area contributed by atoms with Crippen molar-refractivity contribution in [2.75, 3.05) is 13.1 Å². The zero-order valence-electron chi connectivity index (χ0n) is 12.4. The molecule has 1 fully saturated rings. The lowest BCUT2D eigenvalue weighted by molar-refractivity contribution is -0.139. The predicted molar refractivity (Wildman–Crippen MR) is 81.1 cm³/mol. The summed E-state index contributed by atoms with van der Waals surface area (Å²) in [4.78, 5) is 0. The first kappa shape index (κ1) is 14.7. The molecule has 0 amide bonds. The maximum atomic E-state index is 13.5. The maximum absolute atomic E-state index is 13.5. The van der Waals surface area contributed by atoms with Crippen LogP contribution in [0.1, 0.15) is 22.6 Å². The Morgan fingerprint density at radius 3 is 2.52 bits per heavy atom. The van der Waals surface area contributed by atoms with Gasteiger partial charge < -0.3 is 10.1 Å². The van der Waals surface area contributed by atoms with Crippen molar-refractivity contribution in [3.05, 3.63) is 59.2 Å². The molecule has 0 aliphatic carbocycles. The summed E-state index contributed by atoms with van der Waals surface area (Å²) in [5.41, 5.74) is 1.92. The van der Waals surface area contributed by atoms with E-state index in [1.807, 2.05) is 36.4 Å². The van der Waals surface area contributed by atoms with Gasteiger partial charge in [-0.15, -0.1) is 0 Å². The molecule has 0 bridgehead atoms. The lowest BCUT2D eigenvalue weighted by atomic mass is 9.84. The fourth-order valence-corrected chi connectivity index (χ4v) is 3.57. The van der Waals surface area contributed by atoms with Crippen molar-refractivity contribution in [2.45, 2.75) is 24.8 Å². The Balaban J connectivity index is 1.92. The molecule has 2 nitrogen and oxygen atoms in total. The van der Waals surface area contributed by atoms with E-state index >= 15 is 0 Å². The van der Waals surface area contributed by atoms with Crippen LogP contribution in [0.5, 0.6) is 0 Å². The summed E-state index contributed by atoms with van der Waals surface area (Å²) in [6.45, 7) is 1.39. The molecule has 2 aromatic rings. The molecular weight excluding hydrogens is 303 g/mol. The first-order valence-corrected chi connectivity index (χ1v) is 7.66. The van der Waals surface area contributed by atoms with Crippen LogP contribution in [0.25, 0.3) is 11.1 Å². The van der Waals surface area contributed by atoms with Crippen LogP contribution in [0.2, 0.25) is 0 Å². The summed E-state index contributed by atoms with van der Waals surface area (Å²) in [7, 11) is 0. The lowest BCUT2D eigenvalue weighted by Crippen LogP contribution is -2.29. The van der Waals surface area contributed by atoms with E-state index in [-0.39, 0.29) is 18.6 Å². The van der Waals surface area contributed by atoms with Gasteiger partial charge in [-0.05, 0) is 28.3 Å². The van der Waals surface area contributed by atoms with Gasteiger partial charge in [0.1, 0.15) is 0 Å². The summed E-state index contributed by atoms with van der Waals surface area (Å²) in [5.74, 6) is -0.0106. The van der Waals surface area contributed by atoms with Crippen LogP contribution in [0, 0.1) is 0 Å². The number of hydrogen-bond donors (Lipinski definition) is 1. The number of ether oxygens (including phenoxy) is 1. The van der Waals surface area contributed by atoms with E-state index in [1.54, 1.807) is 0 Å². The highest BCUT2D eigenvalue weighted by Gasteiger charge is 2.41. The molecule has 2 atom stereocenters. The average molecular weight is 319 g/mol. The van der Waals surface area contributed by atoms with Gasteiger partial charge in [-0.2, -0.15) is 13.2 Å². The number of alkyl halides is 3. The van der Waals surface area contributed by atoms with Crippen molar-refractivity contribution in [3.8, 4) is 11.1 Å². The summed E-state index contributed by atoms with van der Waals surface area (Å²) >= 11 is 0. The van der Waals surface area contributed by atoms with E-state index in [4.69, 9.17) is 4.74 Å². The van der Waals surface area contributed by atoms with Crippen molar-refractivity contribution in [1.29, 1.82) is 0 Å². The second-order valence-corrected chi connectivity index (χ2v) is 6.07. The molecule has 2 aliphatic heterocycles. The standard InChI is InChI=1S/C18H16F3NO/c19-18(20,21)16-7-12(11-4-2-1-3-5-11)6-13-14-8-22-9-17(14)23-10-15(13)16/h1-7,14,17,22H,8-10H2. The Bertz CT molecular complexity index is 727. The van der Waals surface area contributed by atoms with Gasteiger partial charge in [0.2, 0.25) is 0 Å². The summed E-state index contributed by atoms with van der Waals surface area (Å²) in [5, 5.41) is 3.22. The van der Waals surface area contributed by atoms with E-state index in [1.165, 1.54) is 6.07 Å². The fourth-order valence-electron chi connectivity index (χ4n) is 3.57. The van der Waals surface area contributed by atoms with Gasteiger partial charge in [0, 0.05) is 19.0 Å². The van der Waals surface area contributed by atoms with Gasteiger partial charge in [0.05, 0.1) is 18.3 Å². The fraction of sp³-hybridized carbons (Fsp3) is 0.333. The Morgan fingerprint density at radius 2 is 1.78 bits per heavy atom. The molecule has 23 heavy (non-hydrogen) atoms. The highest BCUT2D eigenvalue weighted by Crippen LogP contribution is 2.43. The average Bonchev–Trinajstić information content (AvgIpc) is 3.02. The third-order valence-corrected chi connectivity index (χ3v) is 4.70. The van der Waals surface area contributed by atoms with Crippen LogP contribution in [0.4, 0.5) is 13.2 Å². The minimum absolute atomic E-state index is 0.0106. The first-order chi connectivity index (χ1) is 11.0. The van der Waals surface area contributed by atoms with Crippen molar-refractivity contribution < 1.29 is 17.9 Å². The Kier molecular flexibility index (Phi) is 3.43. The second-order valence-electron chi connectivity index (χ2n) is 6.07. The van der Waals surface area contributed by atoms with Crippen molar-refractivity contribution in [2.24, 2.45) is 0 Å². The van der Waals surface area contributed by atoms with Crippen LogP contribution in [0.15, 0.2) is 42.5 Å². The minimum Gasteiger partial charge on any atom is -0.372 e. The topological polar surface area (TPSA) is 21.3 Å². The summed E-state index contributed by atoms with van der Waals surface area (Å²) in [6.07, 6.45) is -4.41.